The van der Waals surface area contributed by atoms with Crippen LogP contribution in [-0.2, 0) is 9.53 Å². The summed E-state index contributed by atoms with van der Waals surface area (Å²) in [5.74, 6) is -1.83. The fourth-order valence-corrected chi connectivity index (χ4v) is 2.43. The van der Waals surface area contributed by atoms with Crippen molar-refractivity contribution in [1.82, 2.24) is 0 Å². The first-order chi connectivity index (χ1) is 13.4. The van der Waals surface area contributed by atoms with E-state index in [1.807, 2.05) is 0 Å². The first-order valence-corrected chi connectivity index (χ1v) is 8.38. The van der Waals surface area contributed by atoms with Crippen molar-refractivity contribution in [3.63, 3.8) is 0 Å². The predicted octanol–water partition coefficient (Wildman–Crippen LogP) is 4.50. The quantitative estimate of drug-likeness (QED) is 0.314. The molecule has 0 aliphatic carbocycles. The lowest BCUT2D eigenvalue weighted by Crippen LogP contribution is -2.07. The topological polar surface area (TPSA) is 118 Å². The van der Waals surface area contributed by atoms with Gasteiger partial charge in [0.05, 0.1) is 19.3 Å². The number of hydrogen-bond donors (Lipinski definition) is 2. The van der Waals surface area contributed by atoms with Gasteiger partial charge >= 0.3 is 11.9 Å². The molecule has 0 aliphatic heterocycles. The van der Waals surface area contributed by atoms with Crippen LogP contribution in [-0.4, -0.2) is 35.9 Å². The standard InChI is InChI=1S/C20H20N2O6/c1-4-28-20(26)17(12(2)23)22-21-16-10-6-9-15(18(16)27-3)13-7-5-8-14(11-13)19(24)25/h5-11,23H,4H2,1-3H3,(H,24,25). The maximum Gasteiger partial charge on any atom is 0.362 e. The monoisotopic (exact) mass is 384 g/mol. The van der Waals surface area contributed by atoms with E-state index in [0.29, 0.717) is 22.6 Å². The minimum atomic E-state index is -1.04. The summed E-state index contributed by atoms with van der Waals surface area (Å²) in [6, 6.07) is 11.4. The number of azo groups is 1. The Labute approximate surface area is 161 Å². The van der Waals surface area contributed by atoms with Crippen molar-refractivity contribution < 1.29 is 29.3 Å². The van der Waals surface area contributed by atoms with Crippen LogP contribution in [0.25, 0.3) is 11.1 Å². The van der Waals surface area contributed by atoms with Gasteiger partial charge in [0.1, 0.15) is 11.4 Å². The van der Waals surface area contributed by atoms with Crippen LogP contribution in [0.1, 0.15) is 24.2 Å². The normalized spacial score (nSPS) is 11.8. The third-order valence-corrected chi connectivity index (χ3v) is 3.69. The Balaban J connectivity index is 2.49. The van der Waals surface area contributed by atoms with E-state index in [2.05, 4.69) is 10.2 Å². The first-order valence-electron chi connectivity index (χ1n) is 8.38. The number of benzene rings is 2. The van der Waals surface area contributed by atoms with E-state index in [0.717, 1.165) is 0 Å². The van der Waals surface area contributed by atoms with Crippen LogP contribution in [0.3, 0.4) is 0 Å². The van der Waals surface area contributed by atoms with Crippen LogP contribution in [0.15, 0.2) is 64.1 Å². The van der Waals surface area contributed by atoms with E-state index < -0.39 is 11.9 Å². The van der Waals surface area contributed by atoms with Crippen LogP contribution in [0.4, 0.5) is 5.69 Å². The molecule has 0 fully saturated rings. The van der Waals surface area contributed by atoms with Gasteiger partial charge in [0.25, 0.3) is 0 Å². The van der Waals surface area contributed by atoms with Gasteiger partial charge in [0.2, 0.25) is 5.70 Å². The van der Waals surface area contributed by atoms with Crippen molar-refractivity contribution in [2.45, 2.75) is 13.8 Å². The van der Waals surface area contributed by atoms with Crippen molar-refractivity contribution in [2.24, 2.45) is 10.2 Å². The third-order valence-electron chi connectivity index (χ3n) is 3.69. The number of methoxy groups -OCH3 is 1. The van der Waals surface area contributed by atoms with E-state index in [-0.39, 0.29) is 23.6 Å². The van der Waals surface area contributed by atoms with Crippen LogP contribution < -0.4 is 4.74 Å². The number of hydrogen-bond acceptors (Lipinski definition) is 7. The molecule has 0 bridgehead atoms. The lowest BCUT2D eigenvalue weighted by molar-refractivity contribution is -0.138. The number of carboxylic acids is 1. The zero-order valence-corrected chi connectivity index (χ0v) is 15.7. The molecular formula is C20H20N2O6. The van der Waals surface area contributed by atoms with Crippen molar-refractivity contribution in [2.75, 3.05) is 13.7 Å². The Kier molecular flexibility index (Phi) is 6.86. The average molecular weight is 384 g/mol. The smallest absolute Gasteiger partial charge is 0.362 e. The summed E-state index contributed by atoms with van der Waals surface area (Å²) in [5, 5.41) is 26.7. The van der Waals surface area contributed by atoms with Gasteiger partial charge in [-0.2, -0.15) is 0 Å². The minimum absolute atomic E-state index is 0.129. The van der Waals surface area contributed by atoms with E-state index in [1.165, 1.54) is 26.2 Å². The highest BCUT2D eigenvalue weighted by Crippen LogP contribution is 2.38. The molecule has 8 heteroatoms. The highest BCUT2D eigenvalue weighted by molar-refractivity contribution is 5.90. The molecule has 0 atom stereocenters. The Hall–Kier alpha value is -3.68. The Morgan fingerprint density at radius 3 is 2.43 bits per heavy atom. The molecule has 28 heavy (non-hydrogen) atoms. The number of ether oxygens (including phenoxy) is 2. The summed E-state index contributed by atoms with van der Waals surface area (Å²) in [4.78, 5) is 23.1. The number of aliphatic hydroxyl groups is 1. The van der Waals surface area contributed by atoms with Gasteiger partial charge in [-0.05, 0) is 37.6 Å². The summed E-state index contributed by atoms with van der Waals surface area (Å²) in [6.07, 6.45) is 0. The number of carbonyl (C=O) groups excluding carboxylic acids is 1. The fourth-order valence-electron chi connectivity index (χ4n) is 2.43. The summed E-state index contributed by atoms with van der Waals surface area (Å²) in [6.45, 7) is 3.07. The number of aliphatic hydroxyl groups excluding tert-OH is 1. The number of esters is 1. The largest absolute Gasteiger partial charge is 0.510 e. The maximum absolute atomic E-state index is 11.9. The van der Waals surface area contributed by atoms with E-state index >= 15 is 0 Å². The molecule has 0 spiro atoms. The highest BCUT2D eigenvalue weighted by Gasteiger charge is 2.16. The van der Waals surface area contributed by atoms with Gasteiger partial charge in [-0.3, -0.25) is 0 Å². The predicted molar refractivity (Wildman–Crippen MR) is 102 cm³/mol. The zero-order chi connectivity index (χ0) is 20.7. The second kappa shape index (κ2) is 9.31. The molecule has 146 valence electrons. The number of carboxylic acid groups (broad SMARTS) is 1. The summed E-state index contributed by atoms with van der Waals surface area (Å²) in [7, 11) is 1.44. The van der Waals surface area contributed by atoms with E-state index in [9.17, 15) is 19.8 Å². The number of para-hydroxylation sites is 1. The van der Waals surface area contributed by atoms with Crippen molar-refractivity contribution in [3.8, 4) is 16.9 Å². The molecular weight excluding hydrogens is 364 g/mol. The number of aromatic carboxylic acids is 1. The molecule has 0 radical (unpaired) electrons. The molecule has 0 heterocycles. The van der Waals surface area contributed by atoms with Gasteiger partial charge in [-0.1, -0.05) is 24.3 Å². The molecule has 0 amide bonds. The number of allylic oxidation sites excluding steroid dienone is 1. The minimum Gasteiger partial charge on any atom is -0.510 e. The van der Waals surface area contributed by atoms with Crippen LogP contribution in [0.5, 0.6) is 5.75 Å². The lowest BCUT2D eigenvalue weighted by Gasteiger charge is -2.11. The molecule has 0 saturated carbocycles. The Bertz CT molecular complexity index is 945. The zero-order valence-electron chi connectivity index (χ0n) is 15.7. The maximum atomic E-state index is 11.9. The Morgan fingerprint density at radius 2 is 1.82 bits per heavy atom. The van der Waals surface area contributed by atoms with Crippen LogP contribution in [0.2, 0.25) is 0 Å². The second-order valence-corrected chi connectivity index (χ2v) is 5.60. The molecule has 2 rings (SSSR count). The molecule has 0 aliphatic rings. The van der Waals surface area contributed by atoms with E-state index in [1.54, 1.807) is 37.3 Å². The Morgan fingerprint density at radius 1 is 1.11 bits per heavy atom. The summed E-state index contributed by atoms with van der Waals surface area (Å²) >= 11 is 0. The molecule has 2 N–H and O–H groups in total. The van der Waals surface area contributed by atoms with Crippen molar-refractivity contribution in [3.05, 3.63) is 59.5 Å². The molecule has 0 unspecified atom stereocenters. The van der Waals surface area contributed by atoms with Gasteiger partial charge in [-0.25, -0.2) is 9.59 Å². The van der Waals surface area contributed by atoms with Crippen LogP contribution in [0, 0.1) is 0 Å². The van der Waals surface area contributed by atoms with Gasteiger partial charge in [-0.15, -0.1) is 10.2 Å². The SMILES string of the molecule is CCOC(=O)C(N=Nc1cccc(-c2cccc(C(=O)O)c2)c1OC)=C(C)O. The summed E-state index contributed by atoms with van der Waals surface area (Å²) < 4.78 is 10.3. The highest BCUT2D eigenvalue weighted by atomic mass is 16.5. The number of carbonyl (C=O) groups is 2. The molecule has 0 saturated heterocycles. The van der Waals surface area contributed by atoms with Gasteiger partial charge in [0.15, 0.2) is 5.75 Å². The van der Waals surface area contributed by atoms with Crippen molar-refractivity contribution >= 4 is 17.6 Å². The number of rotatable bonds is 7. The van der Waals surface area contributed by atoms with Gasteiger partial charge < -0.3 is 19.7 Å². The van der Waals surface area contributed by atoms with Crippen molar-refractivity contribution in [1.29, 1.82) is 0 Å². The first kappa shape index (κ1) is 20.6. The molecule has 2 aromatic carbocycles. The fraction of sp³-hybridized carbons (Fsp3) is 0.200. The molecule has 2 aromatic rings. The average Bonchev–Trinajstić information content (AvgIpc) is 2.67. The molecule has 8 nitrogen and oxygen atoms in total. The lowest BCUT2D eigenvalue weighted by atomic mass is 10.0. The number of nitrogens with zero attached hydrogens (tertiary/aromatic N) is 2. The summed E-state index contributed by atoms with van der Waals surface area (Å²) in [5.41, 5.74) is 1.33. The second-order valence-electron chi connectivity index (χ2n) is 5.60. The van der Waals surface area contributed by atoms with E-state index in [4.69, 9.17) is 9.47 Å². The van der Waals surface area contributed by atoms with Gasteiger partial charge in [0, 0.05) is 5.56 Å². The third kappa shape index (κ3) is 4.73. The molecule has 0 aromatic heterocycles. The van der Waals surface area contributed by atoms with Crippen LogP contribution >= 0.6 is 0 Å².